The minimum absolute atomic E-state index is 0. The Kier molecular flexibility index (Phi) is 5.96. The molecule has 6 heteroatoms. The molecule has 1 aromatic rings. The molecule has 1 aromatic heterocycles. The van der Waals surface area contributed by atoms with Gasteiger partial charge in [0.1, 0.15) is 0 Å². The minimum atomic E-state index is 0. The first-order valence-corrected chi connectivity index (χ1v) is 4.58. The maximum absolute atomic E-state index is 4.25. The number of hydrogen-bond donors (Lipinski definition) is 1. The van der Waals surface area contributed by atoms with E-state index >= 15 is 0 Å². The number of halogens is 3. The number of aromatic nitrogens is 2. The molecule has 3 nitrogen and oxygen atoms in total. The summed E-state index contributed by atoms with van der Waals surface area (Å²) in [7, 11) is 0. The maximum Gasteiger partial charge on any atom is 0.0664 e. The molecule has 0 fully saturated rings. The van der Waals surface area contributed by atoms with Crippen LogP contribution in [0.25, 0.3) is 0 Å². The van der Waals surface area contributed by atoms with Gasteiger partial charge in [-0.3, -0.25) is 4.68 Å². The van der Waals surface area contributed by atoms with Crippen LogP contribution in [0.1, 0.15) is 12.1 Å². The van der Waals surface area contributed by atoms with Crippen molar-refractivity contribution in [1.82, 2.24) is 15.1 Å². The number of fused-ring (bicyclic) bond motifs is 1. The fraction of sp³-hybridized carbons (Fsp3) is 0.571. The molecule has 0 radical (unpaired) electrons. The average Bonchev–Trinajstić information content (AvgIpc) is 2.25. The monoisotopic (exact) mass is 287 g/mol. The van der Waals surface area contributed by atoms with E-state index in [2.05, 4.69) is 31.0 Å². The van der Waals surface area contributed by atoms with E-state index in [0.29, 0.717) is 0 Å². The Labute approximate surface area is 98.2 Å². The summed E-state index contributed by atoms with van der Waals surface area (Å²) in [5.41, 5.74) is 1.27. The fourth-order valence-electron chi connectivity index (χ4n) is 1.32. The molecule has 0 saturated carbocycles. The van der Waals surface area contributed by atoms with Crippen molar-refractivity contribution in [3.63, 3.8) is 0 Å². The summed E-state index contributed by atoms with van der Waals surface area (Å²) in [6, 6.07) is 0. The van der Waals surface area contributed by atoms with Gasteiger partial charge in [0.05, 0.1) is 16.4 Å². The summed E-state index contributed by atoms with van der Waals surface area (Å²) < 4.78 is 3.18. The van der Waals surface area contributed by atoms with Crippen LogP contribution in [0.4, 0.5) is 0 Å². The first-order valence-electron chi connectivity index (χ1n) is 3.79. The van der Waals surface area contributed by atoms with Crippen molar-refractivity contribution in [2.24, 2.45) is 0 Å². The Morgan fingerprint density at radius 1 is 1.46 bits per heavy atom. The highest BCUT2D eigenvalue weighted by atomic mass is 79.9. The third-order valence-electron chi connectivity index (χ3n) is 1.91. The van der Waals surface area contributed by atoms with E-state index in [1.165, 1.54) is 12.1 Å². The van der Waals surface area contributed by atoms with Gasteiger partial charge in [0, 0.05) is 13.1 Å². The van der Waals surface area contributed by atoms with E-state index < -0.39 is 0 Å². The van der Waals surface area contributed by atoms with Gasteiger partial charge in [0.2, 0.25) is 0 Å². The molecule has 0 bridgehead atoms. The molecular formula is C7H12BrCl2N3. The third-order valence-corrected chi connectivity index (χ3v) is 2.58. The van der Waals surface area contributed by atoms with Gasteiger partial charge in [-0.2, -0.15) is 5.10 Å². The Hall–Kier alpha value is 0.230. The summed E-state index contributed by atoms with van der Waals surface area (Å²) in [6.07, 6.45) is 3.03. The molecule has 1 N–H and O–H groups in total. The van der Waals surface area contributed by atoms with Gasteiger partial charge in [-0.25, -0.2) is 0 Å². The van der Waals surface area contributed by atoms with Crippen LogP contribution in [0.2, 0.25) is 0 Å². The molecule has 2 heterocycles. The third kappa shape index (κ3) is 2.84. The van der Waals surface area contributed by atoms with E-state index in [1.807, 2.05) is 6.20 Å². The Morgan fingerprint density at radius 2 is 2.23 bits per heavy atom. The summed E-state index contributed by atoms with van der Waals surface area (Å²) in [6.45, 7) is 3.06. The molecule has 1 aliphatic rings. The van der Waals surface area contributed by atoms with Crippen LogP contribution in [0.15, 0.2) is 10.7 Å². The van der Waals surface area contributed by atoms with Gasteiger partial charge >= 0.3 is 0 Å². The Balaban J connectivity index is 0.000000720. The minimum Gasteiger partial charge on any atom is -0.311 e. The maximum atomic E-state index is 4.25. The molecular weight excluding hydrogens is 277 g/mol. The number of aryl methyl sites for hydroxylation is 1. The van der Waals surface area contributed by atoms with Crippen molar-refractivity contribution in [1.29, 1.82) is 0 Å². The molecule has 0 aliphatic carbocycles. The molecule has 76 valence electrons. The number of nitrogens with zero attached hydrogens (tertiary/aromatic N) is 2. The summed E-state index contributed by atoms with van der Waals surface area (Å²) in [5, 5.41) is 7.59. The van der Waals surface area contributed by atoms with Crippen LogP contribution in [0, 0.1) is 0 Å². The Bertz CT molecular complexity index is 264. The largest absolute Gasteiger partial charge is 0.311 e. The fourth-order valence-corrected chi connectivity index (χ4v) is 1.75. The molecule has 0 aromatic carbocycles. The van der Waals surface area contributed by atoms with E-state index in [0.717, 1.165) is 24.1 Å². The molecule has 0 amide bonds. The van der Waals surface area contributed by atoms with Crippen LogP contribution >= 0.6 is 40.7 Å². The van der Waals surface area contributed by atoms with Crippen molar-refractivity contribution < 1.29 is 0 Å². The second-order valence-corrected chi connectivity index (χ2v) is 3.55. The quantitative estimate of drug-likeness (QED) is 0.791. The van der Waals surface area contributed by atoms with Crippen molar-refractivity contribution in [2.45, 2.75) is 19.5 Å². The smallest absolute Gasteiger partial charge is 0.0664 e. The van der Waals surface area contributed by atoms with Crippen molar-refractivity contribution in [2.75, 3.05) is 6.54 Å². The average molecular weight is 289 g/mol. The lowest BCUT2D eigenvalue weighted by atomic mass is 10.4. The highest BCUT2D eigenvalue weighted by molar-refractivity contribution is 9.10. The summed E-state index contributed by atoms with van der Waals surface area (Å²) in [4.78, 5) is 0. The van der Waals surface area contributed by atoms with Gasteiger partial charge < -0.3 is 5.32 Å². The van der Waals surface area contributed by atoms with E-state index in [1.54, 1.807) is 0 Å². The van der Waals surface area contributed by atoms with E-state index in [9.17, 15) is 0 Å². The highest BCUT2D eigenvalue weighted by Gasteiger charge is 2.10. The van der Waals surface area contributed by atoms with Crippen molar-refractivity contribution in [3.8, 4) is 0 Å². The number of nitrogens with one attached hydrogen (secondary N) is 1. The number of rotatable bonds is 0. The van der Waals surface area contributed by atoms with Crippen LogP contribution in [0.3, 0.4) is 0 Å². The lowest BCUT2D eigenvalue weighted by molar-refractivity contribution is 0.587. The van der Waals surface area contributed by atoms with Crippen LogP contribution < -0.4 is 5.32 Å². The predicted molar refractivity (Wildman–Crippen MR) is 60.7 cm³/mol. The van der Waals surface area contributed by atoms with Gasteiger partial charge in [0.15, 0.2) is 0 Å². The zero-order valence-corrected chi connectivity index (χ0v) is 10.2. The Morgan fingerprint density at radius 3 is 3.00 bits per heavy atom. The molecule has 0 atom stereocenters. The van der Waals surface area contributed by atoms with E-state index in [4.69, 9.17) is 0 Å². The zero-order valence-electron chi connectivity index (χ0n) is 6.99. The van der Waals surface area contributed by atoms with Crippen LogP contribution in [0.5, 0.6) is 0 Å². The lowest BCUT2D eigenvalue weighted by Crippen LogP contribution is -2.12. The highest BCUT2D eigenvalue weighted by Crippen LogP contribution is 2.17. The van der Waals surface area contributed by atoms with Crippen LogP contribution in [-0.2, 0) is 13.1 Å². The van der Waals surface area contributed by atoms with E-state index in [-0.39, 0.29) is 24.8 Å². The molecule has 0 saturated heterocycles. The molecule has 1 aliphatic heterocycles. The molecule has 0 unspecified atom stereocenters. The SMILES string of the molecule is Brc1cnn2c1CNCCC2.Cl.Cl. The summed E-state index contributed by atoms with van der Waals surface area (Å²) >= 11 is 3.46. The lowest BCUT2D eigenvalue weighted by Gasteiger charge is -2.00. The van der Waals surface area contributed by atoms with Gasteiger partial charge in [-0.05, 0) is 28.9 Å². The second kappa shape index (κ2) is 5.86. The molecule has 13 heavy (non-hydrogen) atoms. The normalized spacial score (nSPS) is 14.8. The zero-order chi connectivity index (χ0) is 7.68. The molecule has 0 spiro atoms. The summed E-state index contributed by atoms with van der Waals surface area (Å²) in [5.74, 6) is 0. The second-order valence-electron chi connectivity index (χ2n) is 2.69. The van der Waals surface area contributed by atoms with Gasteiger partial charge in [-0.1, -0.05) is 0 Å². The topological polar surface area (TPSA) is 29.9 Å². The predicted octanol–water partition coefficient (Wildman–Crippen LogP) is 1.98. The van der Waals surface area contributed by atoms with Crippen molar-refractivity contribution in [3.05, 3.63) is 16.4 Å². The first kappa shape index (κ1) is 13.2. The molecule has 2 rings (SSSR count). The standard InChI is InChI=1S/C7H10BrN3.2ClH/c8-6-4-10-11-3-1-2-9-5-7(6)11;;/h4,9H,1-3,5H2;2*1H. The van der Waals surface area contributed by atoms with Crippen molar-refractivity contribution >= 4 is 40.7 Å². The van der Waals surface area contributed by atoms with Gasteiger partial charge in [-0.15, -0.1) is 24.8 Å². The van der Waals surface area contributed by atoms with Crippen LogP contribution in [-0.4, -0.2) is 16.3 Å². The van der Waals surface area contributed by atoms with Gasteiger partial charge in [0.25, 0.3) is 0 Å². The first-order chi connectivity index (χ1) is 5.38. The number of hydrogen-bond acceptors (Lipinski definition) is 2.